The molecule has 0 amide bonds. The average Bonchev–Trinajstić information content (AvgIpc) is 3.21. The van der Waals surface area contributed by atoms with Crippen LogP contribution in [-0.2, 0) is 9.53 Å². The standard InChI is InChI=1S/C20H30O2/c1-17(2)12-6-10-20-11-18(3,15-16(20)22-15)8-5-13(20)19(12,4)9-7-14(17)21/h12-13,15-16H,5-11H2,1-4H3. The number of rotatable bonds is 0. The van der Waals surface area contributed by atoms with Gasteiger partial charge < -0.3 is 4.74 Å². The predicted molar refractivity (Wildman–Crippen MR) is 85.4 cm³/mol. The van der Waals surface area contributed by atoms with Gasteiger partial charge in [0.05, 0.1) is 12.2 Å². The van der Waals surface area contributed by atoms with Crippen LogP contribution in [0.1, 0.15) is 72.6 Å². The zero-order valence-corrected chi connectivity index (χ0v) is 14.6. The fourth-order valence-corrected chi connectivity index (χ4v) is 8.16. The Balaban J connectivity index is 1.59. The highest BCUT2D eigenvalue weighted by Crippen LogP contribution is 2.77. The van der Waals surface area contributed by atoms with Crippen molar-refractivity contribution in [2.24, 2.45) is 33.5 Å². The van der Waals surface area contributed by atoms with E-state index in [1.165, 1.54) is 32.1 Å². The van der Waals surface area contributed by atoms with Crippen molar-refractivity contribution in [1.29, 1.82) is 0 Å². The number of hydrogen-bond acceptors (Lipinski definition) is 2. The van der Waals surface area contributed by atoms with Crippen LogP contribution >= 0.6 is 0 Å². The van der Waals surface area contributed by atoms with Crippen LogP contribution in [0.3, 0.4) is 0 Å². The molecule has 5 aliphatic rings. The van der Waals surface area contributed by atoms with Gasteiger partial charge >= 0.3 is 0 Å². The maximum atomic E-state index is 12.5. The van der Waals surface area contributed by atoms with E-state index in [0.29, 0.717) is 40.2 Å². The minimum Gasteiger partial charge on any atom is -0.368 e. The van der Waals surface area contributed by atoms with Crippen molar-refractivity contribution < 1.29 is 9.53 Å². The minimum atomic E-state index is -0.113. The summed E-state index contributed by atoms with van der Waals surface area (Å²) in [5, 5.41) is 0. The maximum absolute atomic E-state index is 12.5. The van der Waals surface area contributed by atoms with Crippen molar-refractivity contribution in [2.75, 3.05) is 0 Å². The first-order chi connectivity index (χ1) is 10.2. The molecule has 0 aromatic heterocycles. The summed E-state index contributed by atoms with van der Waals surface area (Å²) in [4.78, 5) is 12.5. The van der Waals surface area contributed by atoms with Crippen LogP contribution in [0.2, 0.25) is 0 Å². The first kappa shape index (κ1) is 14.0. The summed E-state index contributed by atoms with van der Waals surface area (Å²) in [7, 11) is 0. The summed E-state index contributed by atoms with van der Waals surface area (Å²) in [6.07, 6.45) is 9.73. The molecule has 7 atom stereocenters. The van der Waals surface area contributed by atoms with E-state index >= 15 is 0 Å². The molecule has 1 heterocycles. The van der Waals surface area contributed by atoms with Crippen molar-refractivity contribution in [1.82, 2.24) is 0 Å². The molecule has 0 aromatic rings. The molecule has 5 rings (SSSR count). The summed E-state index contributed by atoms with van der Waals surface area (Å²) in [6, 6.07) is 0. The van der Waals surface area contributed by atoms with E-state index in [4.69, 9.17) is 4.74 Å². The zero-order valence-electron chi connectivity index (χ0n) is 14.6. The van der Waals surface area contributed by atoms with Gasteiger partial charge in [-0.3, -0.25) is 4.79 Å². The SMILES string of the molecule is CC12CCC3C4(C)CCC(=O)C(C)(C)C4CCC3(C1)C1OC12. The van der Waals surface area contributed by atoms with Gasteiger partial charge in [0.25, 0.3) is 0 Å². The molecule has 1 saturated heterocycles. The molecule has 1 aliphatic heterocycles. The van der Waals surface area contributed by atoms with Crippen LogP contribution in [0, 0.1) is 33.5 Å². The lowest BCUT2D eigenvalue weighted by molar-refractivity contribution is -0.178. The van der Waals surface area contributed by atoms with Crippen LogP contribution in [-0.4, -0.2) is 18.0 Å². The Labute approximate surface area is 134 Å². The molecule has 4 saturated carbocycles. The van der Waals surface area contributed by atoms with Crippen LogP contribution in [0.15, 0.2) is 0 Å². The lowest BCUT2D eigenvalue weighted by atomic mass is 9.40. The fourth-order valence-electron chi connectivity index (χ4n) is 8.16. The van der Waals surface area contributed by atoms with Crippen molar-refractivity contribution in [3.8, 4) is 0 Å². The number of ketones is 1. The van der Waals surface area contributed by atoms with Crippen LogP contribution in [0.4, 0.5) is 0 Å². The summed E-state index contributed by atoms with van der Waals surface area (Å²) < 4.78 is 6.21. The molecule has 0 aromatic carbocycles. The van der Waals surface area contributed by atoms with E-state index in [2.05, 4.69) is 27.7 Å². The second kappa shape index (κ2) is 3.66. The van der Waals surface area contributed by atoms with Gasteiger partial charge in [-0.1, -0.05) is 27.7 Å². The van der Waals surface area contributed by atoms with Crippen molar-refractivity contribution in [3.05, 3.63) is 0 Å². The average molecular weight is 302 g/mol. The number of fused-ring (bicyclic) bond motifs is 5. The third-order valence-electron chi connectivity index (χ3n) is 9.15. The number of Topliss-reactive ketones (excluding diaryl/α,β-unsaturated/α-hetero) is 1. The molecular weight excluding hydrogens is 272 g/mol. The van der Waals surface area contributed by atoms with Crippen LogP contribution in [0.5, 0.6) is 0 Å². The number of carbonyl (C=O) groups is 1. The van der Waals surface area contributed by atoms with Gasteiger partial charge in [0.2, 0.25) is 0 Å². The Bertz CT molecular complexity index is 566. The number of epoxide rings is 1. The summed E-state index contributed by atoms with van der Waals surface area (Å²) in [5.74, 6) is 1.88. The highest BCUT2D eigenvalue weighted by molar-refractivity contribution is 5.85. The molecule has 2 nitrogen and oxygen atoms in total. The first-order valence-electron chi connectivity index (χ1n) is 9.43. The third-order valence-corrected chi connectivity index (χ3v) is 9.15. The van der Waals surface area contributed by atoms with Crippen LogP contribution in [0.25, 0.3) is 0 Å². The molecule has 122 valence electrons. The van der Waals surface area contributed by atoms with Gasteiger partial charge in [-0.15, -0.1) is 0 Å². The molecule has 0 radical (unpaired) electrons. The largest absolute Gasteiger partial charge is 0.368 e. The van der Waals surface area contributed by atoms with E-state index in [9.17, 15) is 4.79 Å². The Morgan fingerprint density at radius 1 is 0.955 bits per heavy atom. The Morgan fingerprint density at radius 2 is 1.68 bits per heavy atom. The third kappa shape index (κ3) is 1.33. The lowest BCUT2D eigenvalue weighted by Gasteiger charge is -2.64. The van der Waals surface area contributed by atoms with Gasteiger partial charge in [-0.05, 0) is 61.2 Å². The minimum absolute atomic E-state index is 0.113. The first-order valence-corrected chi connectivity index (χ1v) is 9.43. The second-order valence-corrected chi connectivity index (χ2v) is 10.4. The molecule has 22 heavy (non-hydrogen) atoms. The predicted octanol–water partition coefficient (Wildman–Crippen LogP) is 4.37. The monoisotopic (exact) mass is 302 g/mol. The molecule has 7 unspecified atom stereocenters. The molecular formula is C20H30O2. The molecule has 2 bridgehead atoms. The highest BCUT2D eigenvalue weighted by Gasteiger charge is 2.77. The molecule has 5 fully saturated rings. The van der Waals surface area contributed by atoms with Crippen molar-refractivity contribution in [2.45, 2.75) is 84.8 Å². The van der Waals surface area contributed by atoms with E-state index in [1.807, 2.05) is 0 Å². The lowest BCUT2D eigenvalue weighted by Crippen LogP contribution is -2.60. The molecule has 1 spiro atoms. The quantitative estimate of drug-likeness (QED) is 0.622. The Kier molecular flexibility index (Phi) is 2.33. The number of hydrogen-bond donors (Lipinski definition) is 0. The topological polar surface area (TPSA) is 29.6 Å². The smallest absolute Gasteiger partial charge is 0.138 e. The van der Waals surface area contributed by atoms with E-state index < -0.39 is 0 Å². The summed E-state index contributed by atoms with van der Waals surface area (Å²) in [6.45, 7) is 9.47. The van der Waals surface area contributed by atoms with Gasteiger partial charge in [0.15, 0.2) is 0 Å². The zero-order chi connectivity index (χ0) is 15.5. The van der Waals surface area contributed by atoms with Crippen molar-refractivity contribution >= 4 is 5.78 Å². The van der Waals surface area contributed by atoms with E-state index in [1.54, 1.807) is 0 Å². The Hall–Kier alpha value is -0.370. The van der Waals surface area contributed by atoms with Crippen molar-refractivity contribution in [3.63, 3.8) is 0 Å². The fraction of sp³-hybridized carbons (Fsp3) is 0.950. The number of ether oxygens (including phenoxy) is 1. The van der Waals surface area contributed by atoms with Gasteiger partial charge in [0, 0.05) is 17.3 Å². The molecule has 0 N–H and O–H groups in total. The van der Waals surface area contributed by atoms with Crippen LogP contribution < -0.4 is 0 Å². The normalized spacial score (nSPS) is 61.2. The van der Waals surface area contributed by atoms with E-state index in [-0.39, 0.29) is 5.41 Å². The molecule has 4 aliphatic carbocycles. The van der Waals surface area contributed by atoms with E-state index in [0.717, 1.165) is 18.8 Å². The number of carbonyl (C=O) groups excluding carboxylic acids is 1. The highest BCUT2D eigenvalue weighted by atomic mass is 16.6. The molecule has 2 heteroatoms. The summed E-state index contributed by atoms with van der Waals surface area (Å²) in [5.41, 5.74) is 1.17. The van der Waals surface area contributed by atoms with Gasteiger partial charge in [0.1, 0.15) is 5.78 Å². The Morgan fingerprint density at radius 3 is 2.45 bits per heavy atom. The van der Waals surface area contributed by atoms with Gasteiger partial charge in [-0.2, -0.15) is 0 Å². The maximum Gasteiger partial charge on any atom is 0.138 e. The second-order valence-electron chi connectivity index (χ2n) is 10.4. The van der Waals surface area contributed by atoms with Gasteiger partial charge in [-0.25, -0.2) is 0 Å². The summed E-state index contributed by atoms with van der Waals surface area (Å²) >= 11 is 0.